The number of amides is 2. The molecule has 8 heteroatoms. The molecule has 1 aliphatic rings. The first kappa shape index (κ1) is 20.4. The smallest absolute Gasteiger partial charge is 0.233 e. The molecule has 2 amide bonds. The third-order valence-corrected chi connectivity index (χ3v) is 6.06. The maximum atomic E-state index is 12.4. The highest BCUT2D eigenvalue weighted by atomic mass is 32.2. The molecule has 0 spiro atoms. The zero-order valence-electron chi connectivity index (χ0n) is 16.4. The summed E-state index contributed by atoms with van der Waals surface area (Å²) in [5.74, 6) is 1.09. The van der Waals surface area contributed by atoms with Crippen LogP contribution in [0.25, 0.3) is 0 Å². The minimum atomic E-state index is 0.0594. The van der Waals surface area contributed by atoms with E-state index in [0.717, 1.165) is 48.8 Å². The largest absolute Gasteiger partial charge is 0.342 e. The summed E-state index contributed by atoms with van der Waals surface area (Å²) in [7, 11) is 1.87. The lowest BCUT2D eigenvalue weighted by Crippen LogP contribution is -2.39. The van der Waals surface area contributed by atoms with E-state index >= 15 is 0 Å². The fourth-order valence-electron chi connectivity index (χ4n) is 3.37. The number of rotatable bonds is 7. The summed E-state index contributed by atoms with van der Waals surface area (Å²) in [6.45, 7) is 3.54. The number of likely N-dealkylation sites (tertiary alicyclic amines) is 1. The van der Waals surface area contributed by atoms with Gasteiger partial charge in [-0.05, 0) is 49.8 Å². The Morgan fingerprint density at radius 2 is 2.07 bits per heavy atom. The van der Waals surface area contributed by atoms with Crippen molar-refractivity contribution in [1.82, 2.24) is 19.7 Å². The molecule has 1 aliphatic heterocycles. The Balaban J connectivity index is 1.35. The summed E-state index contributed by atoms with van der Waals surface area (Å²) in [4.78, 5) is 26.5. The van der Waals surface area contributed by atoms with Crippen molar-refractivity contribution in [1.29, 1.82) is 0 Å². The van der Waals surface area contributed by atoms with Crippen LogP contribution in [-0.4, -0.2) is 50.3 Å². The van der Waals surface area contributed by atoms with Crippen LogP contribution in [0, 0.1) is 12.8 Å². The normalized spacial score (nSPS) is 14.9. The SMILES string of the molecule is Cc1cccc(NC(=O)CCC2CCN(C(=O)CSc3nncn3C)CC2)c1. The summed E-state index contributed by atoms with van der Waals surface area (Å²) in [5, 5.41) is 11.5. The number of benzene rings is 1. The van der Waals surface area contributed by atoms with Crippen LogP contribution in [0.2, 0.25) is 0 Å². The van der Waals surface area contributed by atoms with E-state index in [1.54, 1.807) is 6.33 Å². The van der Waals surface area contributed by atoms with Crippen LogP contribution in [-0.2, 0) is 16.6 Å². The Hall–Kier alpha value is -2.35. The molecule has 1 fully saturated rings. The van der Waals surface area contributed by atoms with Crippen molar-refractivity contribution in [2.75, 3.05) is 24.2 Å². The molecule has 0 unspecified atom stereocenters. The van der Waals surface area contributed by atoms with Crippen molar-refractivity contribution in [2.45, 2.75) is 37.8 Å². The molecule has 28 heavy (non-hydrogen) atoms. The number of thioether (sulfide) groups is 1. The molecule has 1 N–H and O–H groups in total. The van der Waals surface area contributed by atoms with Crippen LogP contribution in [0.4, 0.5) is 5.69 Å². The predicted octanol–water partition coefficient (Wildman–Crippen LogP) is 2.87. The molecule has 3 rings (SSSR count). The lowest BCUT2D eigenvalue weighted by molar-refractivity contribution is -0.130. The van der Waals surface area contributed by atoms with E-state index < -0.39 is 0 Å². The molecule has 0 radical (unpaired) electrons. The lowest BCUT2D eigenvalue weighted by Gasteiger charge is -2.32. The minimum absolute atomic E-state index is 0.0594. The molecular weight excluding hydrogens is 374 g/mol. The first-order chi connectivity index (χ1) is 13.5. The molecule has 150 valence electrons. The quantitative estimate of drug-likeness (QED) is 0.722. The van der Waals surface area contributed by atoms with Gasteiger partial charge < -0.3 is 14.8 Å². The summed E-state index contributed by atoms with van der Waals surface area (Å²) < 4.78 is 1.81. The van der Waals surface area contributed by atoms with Gasteiger partial charge in [0.2, 0.25) is 11.8 Å². The molecule has 1 aromatic heterocycles. The average Bonchev–Trinajstić information content (AvgIpc) is 3.10. The highest BCUT2D eigenvalue weighted by molar-refractivity contribution is 7.99. The molecule has 0 aliphatic carbocycles. The summed E-state index contributed by atoms with van der Waals surface area (Å²) in [5.41, 5.74) is 1.98. The standard InChI is InChI=1S/C20H27N5O2S/c1-15-4-3-5-17(12-15)22-18(26)7-6-16-8-10-25(11-9-16)19(27)13-28-20-23-21-14-24(20)2/h3-5,12,14,16H,6-11,13H2,1-2H3,(H,22,26). The highest BCUT2D eigenvalue weighted by Gasteiger charge is 2.23. The molecule has 2 heterocycles. The van der Waals surface area contributed by atoms with E-state index in [4.69, 9.17) is 0 Å². The Labute approximate surface area is 169 Å². The van der Waals surface area contributed by atoms with Gasteiger partial charge in [-0.1, -0.05) is 23.9 Å². The van der Waals surface area contributed by atoms with E-state index in [1.807, 2.05) is 47.7 Å². The number of carbonyl (C=O) groups is 2. The topological polar surface area (TPSA) is 80.1 Å². The molecule has 2 aromatic rings. The van der Waals surface area contributed by atoms with Gasteiger partial charge in [-0.15, -0.1) is 10.2 Å². The van der Waals surface area contributed by atoms with E-state index in [2.05, 4.69) is 15.5 Å². The minimum Gasteiger partial charge on any atom is -0.342 e. The van der Waals surface area contributed by atoms with Crippen molar-refractivity contribution in [3.8, 4) is 0 Å². The van der Waals surface area contributed by atoms with Crippen LogP contribution in [0.3, 0.4) is 0 Å². The molecule has 7 nitrogen and oxygen atoms in total. The second-order valence-corrected chi connectivity index (χ2v) is 8.24. The maximum Gasteiger partial charge on any atom is 0.233 e. The number of hydrogen-bond donors (Lipinski definition) is 1. The fraction of sp³-hybridized carbons (Fsp3) is 0.500. The monoisotopic (exact) mass is 401 g/mol. The number of aryl methyl sites for hydroxylation is 2. The van der Waals surface area contributed by atoms with Gasteiger partial charge in [-0.25, -0.2) is 0 Å². The van der Waals surface area contributed by atoms with Gasteiger partial charge in [0.1, 0.15) is 6.33 Å². The van der Waals surface area contributed by atoms with Crippen molar-refractivity contribution < 1.29 is 9.59 Å². The lowest BCUT2D eigenvalue weighted by atomic mass is 9.92. The van der Waals surface area contributed by atoms with Gasteiger partial charge in [0.25, 0.3) is 0 Å². The number of nitrogens with one attached hydrogen (secondary N) is 1. The predicted molar refractivity (Wildman–Crippen MR) is 110 cm³/mol. The third-order valence-electron chi connectivity index (χ3n) is 5.04. The summed E-state index contributed by atoms with van der Waals surface area (Å²) >= 11 is 1.42. The fourth-order valence-corrected chi connectivity index (χ4v) is 4.16. The van der Waals surface area contributed by atoms with Crippen LogP contribution in [0.1, 0.15) is 31.2 Å². The Morgan fingerprint density at radius 1 is 1.29 bits per heavy atom. The average molecular weight is 402 g/mol. The number of piperidine rings is 1. The Morgan fingerprint density at radius 3 is 2.75 bits per heavy atom. The van der Waals surface area contributed by atoms with E-state index in [1.165, 1.54) is 11.8 Å². The number of anilines is 1. The van der Waals surface area contributed by atoms with Crippen LogP contribution >= 0.6 is 11.8 Å². The van der Waals surface area contributed by atoms with Gasteiger partial charge >= 0.3 is 0 Å². The first-order valence-electron chi connectivity index (χ1n) is 9.62. The van der Waals surface area contributed by atoms with Crippen molar-refractivity contribution >= 4 is 29.3 Å². The van der Waals surface area contributed by atoms with Gasteiger partial charge in [0.15, 0.2) is 5.16 Å². The van der Waals surface area contributed by atoms with Crippen LogP contribution < -0.4 is 5.32 Å². The van der Waals surface area contributed by atoms with E-state index in [9.17, 15) is 9.59 Å². The number of carbonyl (C=O) groups excluding carboxylic acids is 2. The van der Waals surface area contributed by atoms with Crippen LogP contribution in [0.5, 0.6) is 0 Å². The second-order valence-electron chi connectivity index (χ2n) is 7.29. The zero-order valence-corrected chi connectivity index (χ0v) is 17.2. The number of nitrogens with zero attached hydrogens (tertiary/aromatic N) is 4. The molecule has 1 aromatic carbocycles. The zero-order chi connectivity index (χ0) is 19.9. The first-order valence-corrected chi connectivity index (χ1v) is 10.6. The molecular formula is C20H27N5O2S. The Bertz CT molecular complexity index is 814. The molecule has 0 bridgehead atoms. The maximum absolute atomic E-state index is 12.4. The van der Waals surface area contributed by atoms with Gasteiger partial charge in [0, 0.05) is 32.2 Å². The Kier molecular flexibility index (Phi) is 7.08. The third kappa shape index (κ3) is 5.82. The van der Waals surface area contributed by atoms with Crippen LogP contribution in [0.15, 0.2) is 35.7 Å². The van der Waals surface area contributed by atoms with Gasteiger partial charge in [-0.2, -0.15) is 0 Å². The second kappa shape index (κ2) is 9.73. The van der Waals surface area contributed by atoms with Crippen molar-refractivity contribution in [3.05, 3.63) is 36.2 Å². The molecule has 1 saturated heterocycles. The number of hydrogen-bond acceptors (Lipinski definition) is 5. The van der Waals surface area contributed by atoms with Crippen molar-refractivity contribution in [3.63, 3.8) is 0 Å². The summed E-state index contributed by atoms with van der Waals surface area (Å²) in [6.07, 6.45) is 4.94. The van der Waals surface area contributed by atoms with Crippen molar-refractivity contribution in [2.24, 2.45) is 13.0 Å². The molecule has 0 saturated carbocycles. The van der Waals surface area contributed by atoms with E-state index in [0.29, 0.717) is 18.1 Å². The van der Waals surface area contributed by atoms with Gasteiger partial charge in [0.05, 0.1) is 5.75 Å². The molecule has 0 atom stereocenters. The summed E-state index contributed by atoms with van der Waals surface area (Å²) in [6, 6.07) is 7.84. The van der Waals surface area contributed by atoms with Gasteiger partial charge in [-0.3, -0.25) is 9.59 Å². The van der Waals surface area contributed by atoms with E-state index in [-0.39, 0.29) is 11.8 Å². The highest BCUT2D eigenvalue weighted by Crippen LogP contribution is 2.23. The number of aromatic nitrogens is 3.